The molecule has 0 aromatic heterocycles. The SMILES string of the molecule is Cc1c(C(=O)[O][In]([O]C(=O)c2ccc3ccccc3c2C)[O]C(=O)c2ccc3ccccc3c2C)ccc2ccccc12. The van der Waals surface area contributed by atoms with Crippen molar-refractivity contribution in [1.29, 1.82) is 0 Å². The van der Waals surface area contributed by atoms with E-state index in [0.29, 0.717) is 16.7 Å². The van der Waals surface area contributed by atoms with Gasteiger partial charge in [0.1, 0.15) is 0 Å². The van der Waals surface area contributed by atoms with Crippen LogP contribution in [0.25, 0.3) is 32.3 Å². The average Bonchev–Trinajstić information content (AvgIpc) is 3.01. The molecule has 0 aliphatic carbocycles. The van der Waals surface area contributed by atoms with Crippen molar-refractivity contribution in [3.05, 3.63) is 143 Å². The Morgan fingerprint density at radius 3 is 1.00 bits per heavy atom. The average molecular weight is 670 g/mol. The van der Waals surface area contributed by atoms with Crippen molar-refractivity contribution in [2.75, 3.05) is 0 Å². The Labute approximate surface area is 258 Å². The first-order valence-electron chi connectivity index (χ1n) is 13.9. The summed E-state index contributed by atoms with van der Waals surface area (Å²) in [5, 5.41) is 5.64. The predicted octanol–water partition coefficient (Wildman–Crippen LogP) is 7.93. The Hall–Kier alpha value is -4.62. The summed E-state index contributed by atoms with van der Waals surface area (Å²) in [4.78, 5) is 40.5. The molecule has 6 aromatic carbocycles. The van der Waals surface area contributed by atoms with Crippen LogP contribution in [0.5, 0.6) is 0 Å². The van der Waals surface area contributed by atoms with Crippen LogP contribution in [-0.2, 0) is 8.56 Å². The van der Waals surface area contributed by atoms with E-state index in [9.17, 15) is 14.4 Å². The van der Waals surface area contributed by atoms with Crippen LogP contribution in [0.4, 0.5) is 0 Å². The van der Waals surface area contributed by atoms with E-state index < -0.39 is 40.7 Å². The molecular formula is C36H27InO6. The van der Waals surface area contributed by atoms with Crippen molar-refractivity contribution in [2.24, 2.45) is 0 Å². The summed E-state index contributed by atoms with van der Waals surface area (Å²) in [6.07, 6.45) is 0. The summed E-state index contributed by atoms with van der Waals surface area (Å²) in [5.41, 5.74) is 3.12. The van der Waals surface area contributed by atoms with Crippen molar-refractivity contribution in [3.63, 3.8) is 0 Å². The minimum atomic E-state index is -4.62. The number of hydrogen-bond acceptors (Lipinski definition) is 6. The van der Waals surface area contributed by atoms with Crippen molar-refractivity contribution < 1.29 is 22.9 Å². The van der Waals surface area contributed by atoms with E-state index >= 15 is 0 Å². The Morgan fingerprint density at radius 2 is 0.698 bits per heavy atom. The molecule has 0 unspecified atom stereocenters. The molecule has 0 aliphatic heterocycles. The molecule has 6 nitrogen and oxygen atoms in total. The van der Waals surface area contributed by atoms with Crippen molar-refractivity contribution in [1.82, 2.24) is 0 Å². The summed E-state index contributed by atoms with van der Waals surface area (Å²) in [7, 11) is 0. The van der Waals surface area contributed by atoms with E-state index in [2.05, 4.69) is 0 Å². The van der Waals surface area contributed by atoms with Crippen LogP contribution in [0.3, 0.4) is 0 Å². The molecule has 6 rings (SSSR count). The fraction of sp³-hybridized carbons (Fsp3) is 0.0833. The second kappa shape index (κ2) is 11.9. The van der Waals surface area contributed by atoms with Gasteiger partial charge in [0.15, 0.2) is 0 Å². The zero-order chi connectivity index (χ0) is 30.1. The van der Waals surface area contributed by atoms with Crippen LogP contribution < -0.4 is 0 Å². The van der Waals surface area contributed by atoms with Crippen molar-refractivity contribution >= 4 is 73.0 Å². The molecule has 43 heavy (non-hydrogen) atoms. The second-order valence-corrected chi connectivity index (χ2v) is 14.0. The van der Waals surface area contributed by atoms with Gasteiger partial charge in [0, 0.05) is 0 Å². The summed E-state index contributed by atoms with van der Waals surface area (Å²) >= 11 is -4.62. The van der Waals surface area contributed by atoms with Gasteiger partial charge in [-0.1, -0.05) is 0 Å². The first kappa shape index (κ1) is 28.5. The number of carbonyl (C=O) groups excluding carboxylic acids is 3. The Kier molecular flexibility index (Phi) is 7.91. The molecule has 210 valence electrons. The van der Waals surface area contributed by atoms with Crippen molar-refractivity contribution in [3.8, 4) is 0 Å². The monoisotopic (exact) mass is 670 g/mol. The van der Waals surface area contributed by atoms with Gasteiger partial charge in [-0.2, -0.15) is 0 Å². The van der Waals surface area contributed by atoms with E-state index in [0.717, 1.165) is 49.0 Å². The van der Waals surface area contributed by atoms with Crippen LogP contribution in [-0.4, -0.2) is 40.7 Å². The molecule has 0 N–H and O–H groups in total. The standard InChI is InChI=1S/3C12H10O2.In/c3*1-8-10-5-3-2-4-9(10)6-7-11(8)12(13)14;/h3*2-7H,1H3,(H,13,14);/q;;;+3/p-3. The number of aryl methyl sites for hydroxylation is 3. The van der Waals surface area contributed by atoms with Gasteiger partial charge in [-0.15, -0.1) is 0 Å². The predicted molar refractivity (Wildman–Crippen MR) is 168 cm³/mol. The zero-order valence-electron chi connectivity index (χ0n) is 23.9. The third kappa shape index (κ3) is 5.60. The second-order valence-electron chi connectivity index (χ2n) is 10.4. The van der Waals surface area contributed by atoms with Crippen LogP contribution in [0.15, 0.2) is 109 Å². The Morgan fingerprint density at radius 1 is 0.419 bits per heavy atom. The molecule has 0 fully saturated rings. The van der Waals surface area contributed by atoms with Gasteiger partial charge >= 0.3 is 259 Å². The van der Waals surface area contributed by atoms with Gasteiger partial charge in [-0.05, 0) is 0 Å². The number of hydrogen-bond donors (Lipinski definition) is 0. The Balaban J connectivity index is 1.33. The molecule has 0 aliphatic rings. The zero-order valence-corrected chi connectivity index (χ0v) is 27.2. The van der Waals surface area contributed by atoms with E-state index in [1.54, 1.807) is 18.2 Å². The number of fused-ring (bicyclic) bond motifs is 3. The van der Waals surface area contributed by atoms with Gasteiger partial charge in [0.05, 0.1) is 0 Å². The third-order valence-electron chi connectivity index (χ3n) is 7.86. The number of benzene rings is 6. The quantitative estimate of drug-likeness (QED) is 0.179. The summed E-state index contributed by atoms with van der Waals surface area (Å²) < 4.78 is 17.4. The van der Waals surface area contributed by atoms with Crippen LogP contribution in [0.1, 0.15) is 47.8 Å². The third-order valence-corrected chi connectivity index (χ3v) is 11.3. The fourth-order valence-electron chi connectivity index (χ4n) is 5.47. The first-order chi connectivity index (χ1) is 20.8. The van der Waals surface area contributed by atoms with Crippen LogP contribution >= 0.6 is 0 Å². The fourth-order valence-corrected chi connectivity index (χ4v) is 8.47. The summed E-state index contributed by atoms with van der Waals surface area (Å²) in [6.45, 7) is 5.50. The van der Waals surface area contributed by atoms with Gasteiger partial charge in [0.25, 0.3) is 0 Å². The van der Waals surface area contributed by atoms with E-state index in [-0.39, 0.29) is 0 Å². The molecule has 0 saturated heterocycles. The molecule has 0 heterocycles. The molecule has 7 heteroatoms. The van der Waals surface area contributed by atoms with E-state index in [1.165, 1.54) is 0 Å². The van der Waals surface area contributed by atoms with Gasteiger partial charge in [-0.3, -0.25) is 0 Å². The summed E-state index contributed by atoms with van der Waals surface area (Å²) in [5.74, 6) is -2.10. The molecular weight excluding hydrogens is 643 g/mol. The van der Waals surface area contributed by atoms with Gasteiger partial charge in [0.2, 0.25) is 0 Å². The van der Waals surface area contributed by atoms with Crippen LogP contribution in [0.2, 0.25) is 0 Å². The first-order valence-corrected chi connectivity index (χ1v) is 17.9. The molecule has 0 atom stereocenters. The van der Waals surface area contributed by atoms with E-state index in [4.69, 9.17) is 8.56 Å². The molecule has 0 spiro atoms. The van der Waals surface area contributed by atoms with Crippen molar-refractivity contribution in [2.45, 2.75) is 20.8 Å². The maximum atomic E-state index is 13.5. The Bertz CT molecular complexity index is 1830. The van der Waals surface area contributed by atoms with Crippen LogP contribution in [0, 0.1) is 20.8 Å². The topological polar surface area (TPSA) is 78.9 Å². The molecule has 0 bridgehead atoms. The number of rotatable bonds is 6. The number of carbonyl (C=O) groups is 3. The molecule has 0 radical (unpaired) electrons. The van der Waals surface area contributed by atoms with Gasteiger partial charge in [-0.25, -0.2) is 0 Å². The normalized spacial score (nSPS) is 11.0. The maximum absolute atomic E-state index is 13.5. The van der Waals surface area contributed by atoms with Gasteiger partial charge < -0.3 is 0 Å². The molecule has 0 saturated carbocycles. The van der Waals surface area contributed by atoms with E-state index in [1.807, 2.05) is 112 Å². The minimum absolute atomic E-state index is 0.316. The summed E-state index contributed by atoms with van der Waals surface area (Å²) in [6, 6.07) is 33.6. The molecule has 0 amide bonds. The molecule has 6 aromatic rings.